The zero-order valence-corrected chi connectivity index (χ0v) is 15.3. The van der Waals surface area contributed by atoms with E-state index in [0.717, 1.165) is 9.80 Å². The Labute approximate surface area is 167 Å². The van der Waals surface area contributed by atoms with Crippen molar-refractivity contribution in [2.45, 2.75) is 0 Å². The third-order valence-electron chi connectivity index (χ3n) is 4.30. The second-order valence-electron chi connectivity index (χ2n) is 5.94. The molecule has 28 heavy (non-hydrogen) atoms. The molecule has 0 atom stereocenters. The van der Waals surface area contributed by atoms with Crippen molar-refractivity contribution in [3.63, 3.8) is 0 Å². The maximum absolute atomic E-state index is 12.7. The van der Waals surface area contributed by atoms with Crippen LogP contribution in [0.1, 0.15) is 16.0 Å². The van der Waals surface area contributed by atoms with Gasteiger partial charge in [0.15, 0.2) is 17.3 Å². The van der Waals surface area contributed by atoms with E-state index in [2.05, 4.69) is 9.97 Å². The van der Waals surface area contributed by atoms with Crippen LogP contribution in [0.15, 0.2) is 34.9 Å². The molecular formula is C19H21N5O4. The van der Waals surface area contributed by atoms with Crippen LogP contribution in [0, 0.1) is 0 Å². The van der Waals surface area contributed by atoms with E-state index in [9.17, 15) is 4.79 Å². The van der Waals surface area contributed by atoms with Gasteiger partial charge in [0.25, 0.3) is 5.91 Å². The van der Waals surface area contributed by atoms with Crippen LogP contribution in [0.2, 0.25) is 0 Å². The van der Waals surface area contributed by atoms with Crippen molar-refractivity contribution >= 4 is 28.6 Å². The second kappa shape index (κ2) is 7.26. The van der Waals surface area contributed by atoms with E-state index in [1.54, 1.807) is 12.1 Å². The van der Waals surface area contributed by atoms with Gasteiger partial charge >= 0.3 is 0 Å². The number of anilines is 2. The zero-order chi connectivity index (χ0) is 23.3. The number of carbonyl (C=O) groups is 1. The maximum Gasteiger partial charge on any atom is 0.289 e. The van der Waals surface area contributed by atoms with Crippen LogP contribution in [0.25, 0.3) is 10.9 Å². The number of nitrogens with two attached hydrogens (primary N) is 1. The summed E-state index contributed by atoms with van der Waals surface area (Å²) in [4.78, 5) is 23.2. The van der Waals surface area contributed by atoms with Gasteiger partial charge in [-0.1, -0.05) is 0 Å². The largest absolute Gasteiger partial charge is 0.493 e. The Balaban J connectivity index is 1.75. The summed E-state index contributed by atoms with van der Waals surface area (Å²) < 4.78 is 49.5. The number of amides is 1. The minimum absolute atomic E-state index is 0.0661. The van der Waals surface area contributed by atoms with Gasteiger partial charge in [-0.3, -0.25) is 4.79 Å². The molecule has 3 aromatic rings. The molecule has 0 radical (unpaired) electrons. The van der Waals surface area contributed by atoms with Gasteiger partial charge in [-0.25, -0.2) is 4.98 Å². The van der Waals surface area contributed by atoms with E-state index in [1.807, 2.05) is 0 Å². The number of fused-ring (bicyclic) bond motifs is 1. The minimum Gasteiger partial charge on any atom is -0.493 e. The van der Waals surface area contributed by atoms with E-state index in [1.165, 1.54) is 32.6 Å². The molecule has 1 fully saturated rings. The van der Waals surface area contributed by atoms with Crippen molar-refractivity contribution < 1.29 is 24.2 Å². The van der Waals surface area contributed by atoms with Crippen LogP contribution in [0.4, 0.5) is 11.8 Å². The molecule has 0 aliphatic carbocycles. The topological polar surface area (TPSA) is 107 Å². The van der Waals surface area contributed by atoms with Crippen LogP contribution in [-0.2, 0) is 0 Å². The number of benzene rings is 1. The Morgan fingerprint density at radius 1 is 1.21 bits per heavy atom. The Kier molecular flexibility index (Phi) is 3.54. The van der Waals surface area contributed by atoms with E-state index in [0.29, 0.717) is 22.4 Å². The van der Waals surface area contributed by atoms with Crippen molar-refractivity contribution in [3.8, 4) is 11.5 Å². The van der Waals surface area contributed by atoms with Crippen LogP contribution in [0.3, 0.4) is 0 Å². The number of aromatic nitrogens is 2. The van der Waals surface area contributed by atoms with Gasteiger partial charge < -0.3 is 29.4 Å². The van der Waals surface area contributed by atoms with Gasteiger partial charge in [-0.15, -0.1) is 0 Å². The summed E-state index contributed by atoms with van der Waals surface area (Å²) in [5.74, 6) is -0.0433. The predicted molar refractivity (Wildman–Crippen MR) is 104 cm³/mol. The van der Waals surface area contributed by atoms with E-state index >= 15 is 0 Å². The number of piperazine rings is 1. The summed E-state index contributed by atoms with van der Waals surface area (Å²) in [5.41, 5.74) is 6.48. The highest BCUT2D eigenvalue weighted by Gasteiger charge is 2.25. The number of ether oxygens (including phenoxy) is 2. The van der Waals surface area contributed by atoms with Crippen molar-refractivity contribution in [3.05, 3.63) is 36.3 Å². The number of nitrogens with zero attached hydrogens (tertiary/aromatic N) is 4. The number of rotatable bonds is 4. The quantitative estimate of drug-likeness (QED) is 0.722. The molecule has 1 amide bonds. The molecule has 1 aromatic carbocycles. The third-order valence-corrected chi connectivity index (χ3v) is 4.30. The molecule has 0 bridgehead atoms. The van der Waals surface area contributed by atoms with E-state index in [-0.39, 0.29) is 30.6 Å². The monoisotopic (exact) mass is 387 g/mol. The lowest BCUT2D eigenvalue weighted by molar-refractivity contribution is 0.0714. The van der Waals surface area contributed by atoms with E-state index in [4.69, 9.17) is 25.1 Å². The Hall–Kier alpha value is -3.49. The van der Waals surface area contributed by atoms with Crippen molar-refractivity contribution in [1.29, 1.82) is 0 Å². The standard InChI is InChI=1S/C19H21N5O4/c1-26-15-10-12-13(11-16(15)27-2)21-19(22-17(12)20)24-7-5-23(6-8-24)18(25)14-4-3-9-28-14/h3-4,9-11H,5-8H2,1-2H3,(H2,20,21,22)/i5D2,7D2. The first-order valence-corrected chi connectivity index (χ1v) is 8.44. The fourth-order valence-electron chi connectivity index (χ4n) is 2.86. The molecule has 0 spiro atoms. The molecule has 0 saturated carbocycles. The van der Waals surface area contributed by atoms with Gasteiger partial charge in [0.2, 0.25) is 5.95 Å². The number of methoxy groups -OCH3 is 2. The molecule has 9 heteroatoms. The summed E-state index contributed by atoms with van der Waals surface area (Å²) in [6, 6.07) is 6.09. The second-order valence-corrected chi connectivity index (χ2v) is 5.94. The van der Waals surface area contributed by atoms with Crippen molar-refractivity contribution in [1.82, 2.24) is 14.9 Å². The zero-order valence-electron chi connectivity index (χ0n) is 19.3. The average molecular weight is 387 g/mol. The van der Waals surface area contributed by atoms with Gasteiger partial charge in [0, 0.05) is 37.5 Å². The summed E-state index contributed by atoms with van der Waals surface area (Å²) in [6.45, 7) is -5.60. The molecule has 146 valence electrons. The predicted octanol–water partition coefficient (Wildman–Crippen LogP) is 1.78. The molecule has 9 nitrogen and oxygen atoms in total. The minimum atomic E-state index is -2.72. The number of nitrogen functional groups attached to an aromatic ring is 1. The number of hydrogen-bond acceptors (Lipinski definition) is 8. The lowest BCUT2D eigenvalue weighted by Gasteiger charge is -2.34. The lowest BCUT2D eigenvalue weighted by Crippen LogP contribution is -2.49. The molecule has 1 saturated heterocycles. The van der Waals surface area contributed by atoms with Crippen LogP contribution < -0.4 is 20.1 Å². The Bertz CT molecular complexity index is 1170. The normalized spacial score (nSPS) is 20.1. The molecule has 2 N–H and O–H groups in total. The molecule has 2 aromatic heterocycles. The van der Waals surface area contributed by atoms with Crippen molar-refractivity contribution in [2.24, 2.45) is 0 Å². The fraction of sp³-hybridized carbons (Fsp3) is 0.316. The van der Waals surface area contributed by atoms with Crippen LogP contribution >= 0.6 is 0 Å². The Morgan fingerprint density at radius 2 is 2.00 bits per heavy atom. The number of furan rings is 1. The summed E-state index contributed by atoms with van der Waals surface area (Å²) in [6.07, 6.45) is 1.29. The van der Waals surface area contributed by atoms with Gasteiger partial charge in [0.1, 0.15) is 5.82 Å². The highest BCUT2D eigenvalue weighted by atomic mass is 16.5. The fourth-order valence-corrected chi connectivity index (χ4v) is 2.86. The van der Waals surface area contributed by atoms with Gasteiger partial charge in [-0.2, -0.15) is 4.98 Å². The highest BCUT2D eigenvalue weighted by Crippen LogP contribution is 2.34. The molecular weight excluding hydrogens is 362 g/mol. The smallest absolute Gasteiger partial charge is 0.289 e. The molecule has 0 unspecified atom stereocenters. The van der Waals surface area contributed by atoms with E-state index < -0.39 is 18.9 Å². The first kappa shape index (κ1) is 13.6. The molecule has 3 heterocycles. The number of carbonyl (C=O) groups excluding carboxylic acids is 1. The summed E-state index contributed by atoms with van der Waals surface area (Å²) >= 11 is 0. The van der Waals surface area contributed by atoms with Gasteiger partial charge in [0.05, 0.1) is 31.5 Å². The first-order valence-electron chi connectivity index (χ1n) is 10.4. The van der Waals surface area contributed by atoms with Crippen molar-refractivity contribution in [2.75, 3.05) is 50.9 Å². The lowest BCUT2D eigenvalue weighted by atomic mass is 10.2. The SMILES string of the molecule is [2H]C1([2H])N(C(=O)c2ccco2)CCN(c2nc(N)c3cc(OC)c(OC)cc3n2)C1([2H])[2H]. The first-order chi connectivity index (χ1) is 15.1. The molecule has 4 rings (SSSR count). The molecule has 1 aliphatic rings. The summed E-state index contributed by atoms with van der Waals surface area (Å²) in [7, 11) is 2.95. The van der Waals surface area contributed by atoms with Gasteiger partial charge in [-0.05, 0) is 18.2 Å². The maximum atomic E-state index is 12.7. The number of hydrogen-bond donors (Lipinski definition) is 1. The summed E-state index contributed by atoms with van der Waals surface area (Å²) in [5, 5.41) is 0.474. The molecule has 1 aliphatic heterocycles. The van der Waals surface area contributed by atoms with Crippen LogP contribution in [-0.4, -0.2) is 61.1 Å². The van der Waals surface area contributed by atoms with Crippen LogP contribution in [0.5, 0.6) is 11.5 Å². The highest BCUT2D eigenvalue weighted by molar-refractivity contribution is 5.92. The third kappa shape index (κ3) is 3.15. The Morgan fingerprint density at radius 3 is 2.71 bits per heavy atom. The average Bonchev–Trinajstić information content (AvgIpc) is 3.29.